The van der Waals surface area contributed by atoms with E-state index in [1.807, 2.05) is 42.5 Å². The van der Waals surface area contributed by atoms with Gasteiger partial charge in [-0.2, -0.15) is 5.26 Å². The number of nitrogens with zero attached hydrogens (tertiary/aromatic N) is 1. The molecule has 0 unspecified atom stereocenters. The summed E-state index contributed by atoms with van der Waals surface area (Å²) in [6.45, 7) is 2.09. The molecule has 0 saturated heterocycles. The second-order valence-electron chi connectivity index (χ2n) is 6.76. The smallest absolute Gasteiger partial charge is 0.266 e. The summed E-state index contributed by atoms with van der Waals surface area (Å²) in [5.74, 6) is -0.455. The van der Waals surface area contributed by atoms with Crippen molar-refractivity contribution in [2.45, 2.75) is 6.92 Å². The number of nitriles is 1. The predicted molar refractivity (Wildman–Crippen MR) is 120 cm³/mol. The summed E-state index contributed by atoms with van der Waals surface area (Å²) in [4.78, 5) is 12.7. The molecule has 3 nitrogen and oxygen atoms in total. The molecule has 0 spiro atoms. The fraction of sp³-hybridized carbons (Fsp3) is 0.0400. The van der Waals surface area contributed by atoms with Crippen molar-refractivity contribution < 1.29 is 4.79 Å². The van der Waals surface area contributed by atoms with Crippen LogP contribution in [0.1, 0.15) is 11.1 Å². The molecule has 140 valence electrons. The van der Waals surface area contributed by atoms with Crippen molar-refractivity contribution in [3.8, 4) is 6.07 Å². The zero-order valence-corrected chi connectivity index (χ0v) is 16.5. The van der Waals surface area contributed by atoms with E-state index in [0.29, 0.717) is 10.7 Å². The van der Waals surface area contributed by atoms with Crippen LogP contribution in [0.4, 0.5) is 5.69 Å². The van der Waals surface area contributed by atoms with Gasteiger partial charge in [0, 0.05) is 10.7 Å². The highest BCUT2D eigenvalue weighted by atomic mass is 35.5. The van der Waals surface area contributed by atoms with Crippen LogP contribution in [-0.2, 0) is 4.79 Å². The van der Waals surface area contributed by atoms with Crippen LogP contribution >= 0.6 is 11.6 Å². The van der Waals surface area contributed by atoms with Gasteiger partial charge in [-0.05, 0) is 69.9 Å². The van der Waals surface area contributed by atoms with E-state index >= 15 is 0 Å². The maximum Gasteiger partial charge on any atom is 0.266 e. The minimum Gasteiger partial charge on any atom is -0.321 e. The van der Waals surface area contributed by atoms with Crippen molar-refractivity contribution in [2.24, 2.45) is 0 Å². The van der Waals surface area contributed by atoms with Gasteiger partial charge in [0.1, 0.15) is 11.6 Å². The van der Waals surface area contributed by atoms with E-state index in [0.717, 1.165) is 27.1 Å². The summed E-state index contributed by atoms with van der Waals surface area (Å²) in [6.07, 6.45) is 1.68. The largest absolute Gasteiger partial charge is 0.321 e. The van der Waals surface area contributed by atoms with Crippen LogP contribution < -0.4 is 5.32 Å². The fourth-order valence-corrected chi connectivity index (χ4v) is 3.69. The fourth-order valence-electron chi connectivity index (χ4n) is 3.56. The lowest BCUT2D eigenvalue weighted by atomic mass is 9.91. The number of halogens is 1. The van der Waals surface area contributed by atoms with Gasteiger partial charge in [-0.1, -0.05) is 60.1 Å². The molecule has 0 fully saturated rings. The minimum atomic E-state index is -0.455. The Labute approximate surface area is 173 Å². The van der Waals surface area contributed by atoms with Crippen LogP contribution in [0.5, 0.6) is 0 Å². The number of benzene rings is 4. The Morgan fingerprint density at radius 1 is 0.897 bits per heavy atom. The zero-order valence-electron chi connectivity index (χ0n) is 15.7. The topological polar surface area (TPSA) is 52.9 Å². The van der Waals surface area contributed by atoms with Gasteiger partial charge in [-0.3, -0.25) is 4.79 Å². The third-order valence-corrected chi connectivity index (χ3v) is 5.25. The lowest BCUT2D eigenvalue weighted by molar-refractivity contribution is -0.112. The van der Waals surface area contributed by atoms with Crippen LogP contribution in [0.25, 0.3) is 27.6 Å². The molecule has 0 aliphatic rings. The van der Waals surface area contributed by atoms with Gasteiger partial charge in [0.25, 0.3) is 5.91 Å². The number of fused-ring (bicyclic) bond motifs is 2. The number of hydrogen-bond acceptors (Lipinski definition) is 2. The second-order valence-corrected chi connectivity index (χ2v) is 7.20. The van der Waals surface area contributed by atoms with Crippen molar-refractivity contribution in [1.29, 1.82) is 5.26 Å². The third kappa shape index (κ3) is 3.59. The molecule has 0 heterocycles. The monoisotopic (exact) mass is 396 g/mol. The maximum absolute atomic E-state index is 12.7. The molecule has 4 aromatic rings. The van der Waals surface area contributed by atoms with Crippen molar-refractivity contribution >= 4 is 50.8 Å². The van der Waals surface area contributed by atoms with Gasteiger partial charge >= 0.3 is 0 Å². The summed E-state index contributed by atoms with van der Waals surface area (Å²) in [5.41, 5.74) is 2.67. The summed E-state index contributed by atoms with van der Waals surface area (Å²) >= 11 is 5.89. The van der Waals surface area contributed by atoms with Crippen molar-refractivity contribution in [2.75, 3.05) is 5.32 Å². The van der Waals surface area contributed by atoms with E-state index in [1.54, 1.807) is 30.3 Å². The first-order valence-electron chi connectivity index (χ1n) is 9.17. The van der Waals surface area contributed by atoms with Gasteiger partial charge in [0.05, 0.1) is 0 Å². The number of carbonyl (C=O) groups is 1. The molecule has 0 saturated carbocycles. The van der Waals surface area contributed by atoms with Gasteiger partial charge < -0.3 is 5.32 Å². The third-order valence-electron chi connectivity index (χ3n) is 5.00. The number of carbonyl (C=O) groups excluding carboxylic acids is 1. The van der Waals surface area contributed by atoms with Crippen LogP contribution in [0, 0.1) is 18.3 Å². The number of aryl methyl sites for hydroxylation is 1. The Morgan fingerprint density at radius 2 is 1.41 bits per heavy atom. The summed E-state index contributed by atoms with van der Waals surface area (Å²) in [5, 5.41) is 17.2. The van der Waals surface area contributed by atoms with Gasteiger partial charge in [0.2, 0.25) is 0 Å². The molecular weight excluding hydrogens is 380 g/mol. The molecule has 0 radical (unpaired) electrons. The number of nitrogens with one attached hydrogen (secondary N) is 1. The molecule has 4 heteroatoms. The summed E-state index contributed by atoms with van der Waals surface area (Å²) in [6, 6.07) is 24.9. The lowest BCUT2D eigenvalue weighted by Crippen LogP contribution is -2.13. The molecule has 1 amide bonds. The van der Waals surface area contributed by atoms with E-state index in [9.17, 15) is 10.1 Å². The first-order chi connectivity index (χ1) is 14.1. The first-order valence-corrected chi connectivity index (χ1v) is 9.55. The average Bonchev–Trinajstić information content (AvgIpc) is 2.75. The Morgan fingerprint density at radius 3 is 1.93 bits per heavy atom. The van der Waals surface area contributed by atoms with Gasteiger partial charge in [0.15, 0.2) is 0 Å². The van der Waals surface area contributed by atoms with Gasteiger partial charge in [-0.15, -0.1) is 0 Å². The van der Waals surface area contributed by atoms with E-state index in [-0.39, 0.29) is 5.57 Å². The molecule has 1 N–H and O–H groups in total. The Hall–Kier alpha value is -3.61. The van der Waals surface area contributed by atoms with E-state index in [1.165, 1.54) is 5.56 Å². The van der Waals surface area contributed by atoms with E-state index in [2.05, 4.69) is 24.4 Å². The number of anilines is 1. The quantitative estimate of drug-likeness (QED) is 0.244. The molecule has 4 rings (SSSR count). The molecule has 0 aromatic heterocycles. The van der Waals surface area contributed by atoms with Crippen molar-refractivity contribution in [3.63, 3.8) is 0 Å². The normalized spacial score (nSPS) is 11.4. The maximum atomic E-state index is 12.7. The molecular formula is C25H17ClN2O. The van der Waals surface area contributed by atoms with E-state index in [4.69, 9.17) is 11.6 Å². The Kier molecular flexibility index (Phi) is 5.03. The van der Waals surface area contributed by atoms with Crippen molar-refractivity contribution in [1.82, 2.24) is 0 Å². The van der Waals surface area contributed by atoms with Gasteiger partial charge in [-0.25, -0.2) is 0 Å². The highest BCUT2D eigenvalue weighted by Gasteiger charge is 2.14. The standard InChI is InChI=1S/C25H17ClN2O/c1-16-20-6-2-4-8-22(20)24(23-9-5-3-7-21(16)23)14-17(15-27)25(29)28-19-12-10-18(26)11-13-19/h2-14H,1H3,(H,28,29)/b17-14-. The number of amides is 1. The van der Waals surface area contributed by atoms with Crippen LogP contribution in [0.2, 0.25) is 5.02 Å². The minimum absolute atomic E-state index is 0.0408. The second kappa shape index (κ2) is 7.79. The average molecular weight is 397 g/mol. The predicted octanol–water partition coefficient (Wildman–Crippen LogP) is 6.50. The van der Waals surface area contributed by atoms with Crippen LogP contribution in [0.3, 0.4) is 0 Å². The number of rotatable bonds is 3. The molecule has 29 heavy (non-hydrogen) atoms. The molecule has 0 bridgehead atoms. The number of hydrogen-bond donors (Lipinski definition) is 1. The summed E-state index contributed by atoms with van der Waals surface area (Å²) < 4.78 is 0. The summed E-state index contributed by atoms with van der Waals surface area (Å²) in [7, 11) is 0. The highest BCUT2D eigenvalue weighted by molar-refractivity contribution is 6.30. The lowest BCUT2D eigenvalue weighted by Gasteiger charge is -2.13. The van der Waals surface area contributed by atoms with Crippen LogP contribution in [0.15, 0.2) is 78.4 Å². The Balaban J connectivity index is 1.87. The zero-order chi connectivity index (χ0) is 20.4. The van der Waals surface area contributed by atoms with E-state index < -0.39 is 5.91 Å². The molecule has 0 atom stereocenters. The highest BCUT2D eigenvalue weighted by Crippen LogP contribution is 2.33. The molecule has 0 aliphatic heterocycles. The molecule has 4 aromatic carbocycles. The van der Waals surface area contributed by atoms with Crippen LogP contribution in [-0.4, -0.2) is 5.91 Å². The first kappa shape index (κ1) is 18.7. The SMILES string of the molecule is Cc1c2ccccc2c(/C=C(/C#N)C(=O)Nc2ccc(Cl)cc2)c2ccccc12. The molecule has 0 aliphatic carbocycles. The Bertz CT molecular complexity index is 1260. The van der Waals surface area contributed by atoms with Crippen molar-refractivity contribution in [3.05, 3.63) is 94.5 Å².